The van der Waals surface area contributed by atoms with E-state index in [1.54, 1.807) is 12.1 Å². The Bertz CT molecular complexity index is 1510. The summed E-state index contributed by atoms with van der Waals surface area (Å²) in [6, 6.07) is 7.39. The summed E-state index contributed by atoms with van der Waals surface area (Å²) in [6.07, 6.45) is -6.62. The van der Waals surface area contributed by atoms with Gasteiger partial charge in [0, 0.05) is 30.4 Å². The number of aliphatic hydroxyl groups excluding tert-OH is 4. The molecule has 4 N–H and O–H groups in total. The SMILES string of the molecule is CCCCCc1cc(OC(F)(F)F)c(-c2cc3ccc(OCC(O)C(O)CC(O)C(O)CCCOC(=O)C(CC(C)(C)C)C(C)(C)C)cc3o2)o1. The number of alkyl halides is 3. The topological polar surface area (TPSA) is 152 Å². The van der Waals surface area contributed by atoms with Gasteiger partial charge in [-0.25, -0.2) is 0 Å². The fraction of sp³-hybridized carbons (Fsp3) is 0.658. The molecule has 13 heteroatoms. The fourth-order valence-electron chi connectivity index (χ4n) is 5.65. The van der Waals surface area contributed by atoms with Crippen molar-refractivity contribution in [3.05, 3.63) is 36.1 Å². The number of aryl methyl sites for hydroxylation is 1. The highest BCUT2D eigenvalue weighted by Crippen LogP contribution is 2.40. The normalized spacial score (nSPS) is 15.7. The van der Waals surface area contributed by atoms with Crippen molar-refractivity contribution in [1.29, 1.82) is 0 Å². The van der Waals surface area contributed by atoms with E-state index in [4.69, 9.17) is 18.3 Å². The van der Waals surface area contributed by atoms with Crippen LogP contribution in [0.15, 0.2) is 39.2 Å². The standard InChI is InChI=1S/C38H55F3O10/c1-8-9-10-12-25-19-33(51-38(39,40)41)34(49-25)32-17-23-14-15-24(18-31(23)50-32)48-22-30(45)29(44)20-28(43)27(42)13-11-16-47-35(46)26(37(5,6)7)21-36(2,3)4/h14-15,17-19,26-30,42-45H,8-13,16,20-22H2,1-7H3. The fourth-order valence-corrected chi connectivity index (χ4v) is 5.65. The van der Waals surface area contributed by atoms with Crippen LogP contribution in [0.5, 0.6) is 11.5 Å². The number of hydrogen-bond acceptors (Lipinski definition) is 10. The number of halogens is 3. The van der Waals surface area contributed by atoms with Crippen molar-refractivity contribution in [2.24, 2.45) is 16.7 Å². The van der Waals surface area contributed by atoms with Crippen molar-refractivity contribution >= 4 is 16.9 Å². The van der Waals surface area contributed by atoms with E-state index in [-0.39, 0.29) is 71.6 Å². The summed E-state index contributed by atoms with van der Waals surface area (Å²) < 4.78 is 66.2. The van der Waals surface area contributed by atoms with Crippen molar-refractivity contribution in [3.8, 4) is 23.0 Å². The van der Waals surface area contributed by atoms with Gasteiger partial charge in [0.25, 0.3) is 0 Å². The Balaban J connectivity index is 1.52. The first kappa shape index (κ1) is 42.2. The maximum Gasteiger partial charge on any atom is 0.573 e. The summed E-state index contributed by atoms with van der Waals surface area (Å²) in [5.74, 6) is -0.677. The molecule has 3 aromatic rings. The highest BCUT2D eigenvalue weighted by molar-refractivity contribution is 5.84. The minimum atomic E-state index is -4.93. The molecule has 10 nitrogen and oxygen atoms in total. The van der Waals surface area contributed by atoms with Crippen molar-refractivity contribution in [2.75, 3.05) is 13.2 Å². The van der Waals surface area contributed by atoms with Gasteiger partial charge in [0.1, 0.15) is 29.8 Å². The molecule has 0 saturated carbocycles. The Labute approximate surface area is 297 Å². The van der Waals surface area contributed by atoms with Crippen molar-refractivity contribution in [3.63, 3.8) is 0 Å². The zero-order valence-electron chi connectivity index (χ0n) is 30.7. The van der Waals surface area contributed by atoms with E-state index < -0.39 is 36.5 Å². The van der Waals surface area contributed by atoms with Gasteiger partial charge in [-0.3, -0.25) is 4.79 Å². The van der Waals surface area contributed by atoms with Crippen molar-refractivity contribution in [1.82, 2.24) is 0 Å². The number of hydrogen-bond donors (Lipinski definition) is 4. The number of carbonyl (C=O) groups excluding carboxylic acids is 1. The summed E-state index contributed by atoms with van der Waals surface area (Å²) in [7, 11) is 0. The lowest BCUT2D eigenvalue weighted by Gasteiger charge is -2.33. The second-order valence-electron chi connectivity index (χ2n) is 15.5. The van der Waals surface area contributed by atoms with Gasteiger partial charge in [-0.15, -0.1) is 13.2 Å². The van der Waals surface area contributed by atoms with Gasteiger partial charge in [-0.05, 0) is 54.7 Å². The number of furan rings is 2. The Morgan fingerprint density at radius 1 is 0.863 bits per heavy atom. The largest absolute Gasteiger partial charge is 0.573 e. The maximum atomic E-state index is 13.1. The quantitative estimate of drug-likeness (QED) is 0.0707. The molecule has 0 amide bonds. The molecule has 2 aromatic heterocycles. The predicted octanol–water partition coefficient (Wildman–Crippen LogP) is 7.96. The lowest BCUT2D eigenvalue weighted by atomic mass is 9.72. The van der Waals surface area contributed by atoms with E-state index in [0.717, 1.165) is 19.3 Å². The second kappa shape index (κ2) is 18.0. The molecule has 5 atom stereocenters. The van der Waals surface area contributed by atoms with Crippen LogP contribution in [0.1, 0.15) is 99.2 Å². The number of esters is 1. The number of aliphatic hydroxyl groups is 4. The number of carbonyl (C=O) groups is 1. The van der Waals surface area contributed by atoms with Crippen LogP contribution in [0.4, 0.5) is 13.2 Å². The zero-order valence-corrected chi connectivity index (χ0v) is 30.7. The minimum absolute atomic E-state index is 0.0268. The summed E-state index contributed by atoms with van der Waals surface area (Å²) in [5, 5.41) is 42.4. The average Bonchev–Trinajstić information content (AvgIpc) is 3.61. The number of benzene rings is 1. The van der Waals surface area contributed by atoms with E-state index in [1.165, 1.54) is 18.2 Å². The average molecular weight is 729 g/mol. The molecule has 0 radical (unpaired) electrons. The van der Waals surface area contributed by atoms with E-state index in [9.17, 15) is 38.4 Å². The third-order valence-corrected chi connectivity index (χ3v) is 8.54. The first-order chi connectivity index (χ1) is 23.7. The van der Waals surface area contributed by atoms with E-state index in [0.29, 0.717) is 30.4 Å². The lowest BCUT2D eigenvalue weighted by molar-refractivity contribution is -0.274. The summed E-state index contributed by atoms with van der Waals surface area (Å²) >= 11 is 0. The minimum Gasteiger partial charge on any atom is -0.491 e. The molecule has 2 heterocycles. The smallest absolute Gasteiger partial charge is 0.491 e. The molecule has 0 aliphatic carbocycles. The molecule has 0 spiro atoms. The van der Waals surface area contributed by atoms with E-state index in [1.807, 2.05) is 27.7 Å². The predicted molar refractivity (Wildman–Crippen MR) is 185 cm³/mol. The van der Waals surface area contributed by atoms with Gasteiger partial charge in [0.05, 0.1) is 30.8 Å². The molecule has 1 aromatic carbocycles. The van der Waals surface area contributed by atoms with Crippen LogP contribution in [0, 0.1) is 16.7 Å². The van der Waals surface area contributed by atoms with Crippen LogP contribution < -0.4 is 9.47 Å². The van der Waals surface area contributed by atoms with Crippen molar-refractivity contribution in [2.45, 2.75) is 131 Å². The van der Waals surface area contributed by atoms with Crippen LogP contribution >= 0.6 is 0 Å². The number of fused-ring (bicyclic) bond motifs is 1. The Morgan fingerprint density at radius 2 is 1.55 bits per heavy atom. The number of unbranched alkanes of at least 4 members (excludes halogenated alkanes) is 2. The second-order valence-corrected chi connectivity index (χ2v) is 15.5. The first-order valence-corrected chi connectivity index (χ1v) is 17.6. The molecular weight excluding hydrogens is 673 g/mol. The molecule has 0 aliphatic rings. The first-order valence-electron chi connectivity index (χ1n) is 17.6. The van der Waals surface area contributed by atoms with Gasteiger partial charge in [0.15, 0.2) is 11.5 Å². The number of rotatable bonds is 19. The molecule has 3 rings (SSSR count). The van der Waals surface area contributed by atoms with Gasteiger partial charge in [-0.1, -0.05) is 61.3 Å². The Kier molecular flexibility index (Phi) is 14.9. The van der Waals surface area contributed by atoms with Gasteiger partial charge >= 0.3 is 12.3 Å². The van der Waals surface area contributed by atoms with Crippen LogP contribution in [0.25, 0.3) is 22.5 Å². The van der Waals surface area contributed by atoms with Gasteiger partial charge < -0.3 is 43.5 Å². The molecule has 5 unspecified atom stereocenters. The molecule has 288 valence electrons. The van der Waals surface area contributed by atoms with Crippen LogP contribution in [0.3, 0.4) is 0 Å². The summed E-state index contributed by atoms with van der Waals surface area (Å²) in [4.78, 5) is 12.8. The highest BCUT2D eigenvalue weighted by atomic mass is 19.4. The summed E-state index contributed by atoms with van der Waals surface area (Å²) in [6.45, 7) is 13.9. The van der Waals surface area contributed by atoms with Crippen LogP contribution in [-0.2, 0) is 16.0 Å². The van der Waals surface area contributed by atoms with Gasteiger partial charge in [0.2, 0.25) is 5.76 Å². The monoisotopic (exact) mass is 728 g/mol. The van der Waals surface area contributed by atoms with Crippen molar-refractivity contribution < 1.29 is 61.4 Å². The number of ether oxygens (including phenoxy) is 3. The van der Waals surface area contributed by atoms with E-state index >= 15 is 0 Å². The lowest BCUT2D eigenvalue weighted by Crippen LogP contribution is -2.38. The van der Waals surface area contributed by atoms with Gasteiger partial charge in [-0.2, -0.15) is 0 Å². The third-order valence-electron chi connectivity index (χ3n) is 8.54. The maximum absolute atomic E-state index is 13.1. The molecule has 0 bridgehead atoms. The van der Waals surface area contributed by atoms with Crippen LogP contribution in [0.2, 0.25) is 0 Å². The Morgan fingerprint density at radius 3 is 2.18 bits per heavy atom. The molecular formula is C38H55F3O10. The highest BCUT2D eigenvalue weighted by Gasteiger charge is 2.36. The third kappa shape index (κ3) is 13.7. The molecule has 0 aliphatic heterocycles. The Hall–Kier alpha value is -3.26. The zero-order chi connectivity index (χ0) is 38.1. The molecule has 51 heavy (non-hydrogen) atoms. The van der Waals surface area contributed by atoms with Crippen LogP contribution in [-0.4, -0.2) is 70.4 Å². The van der Waals surface area contributed by atoms with E-state index in [2.05, 4.69) is 25.5 Å². The molecule has 0 saturated heterocycles. The summed E-state index contributed by atoms with van der Waals surface area (Å²) in [5.41, 5.74) is -0.0710. The molecule has 0 fully saturated rings.